The van der Waals surface area contributed by atoms with E-state index in [0.717, 1.165) is 21.0 Å². The lowest BCUT2D eigenvalue weighted by Crippen LogP contribution is -2.13. The number of thiazole rings is 1. The average Bonchev–Trinajstić information content (AvgIpc) is 2.98. The molecular formula is C19H13N3O3S. The topological polar surface area (TPSA) is 77.5 Å². The number of benzene rings is 3. The summed E-state index contributed by atoms with van der Waals surface area (Å²) in [5, 5.41) is 13.0. The largest absolute Gasteiger partial charge is 0.319 e. The van der Waals surface area contributed by atoms with Crippen molar-refractivity contribution in [2.24, 2.45) is 12.0 Å². The van der Waals surface area contributed by atoms with Gasteiger partial charge in [-0.3, -0.25) is 14.9 Å². The summed E-state index contributed by atoms with van der Waals surface area (Å²) >= 11 is 1.44. The first kappa shape index (κ1) is 16.2. The third-order valence-electron chi connectivity index (χ3n) is 4.21. The molecule has 3 aromatic carbocycles. The van der Waals surface area contributed by atoms with Crippen LogP contribution in [0.1, 0.15) is 10.4 Å². The van der Waals surface area contributed by atoms with Crippen LogP contribution in [0.15, 0.2) is 65.7 Å². The molecule has 0 N–H and O–H groups in total. The van der Waals surface area contributed by atoms with E-state index in [1.54, 1.807) is 0 Å². The molecule has 0 fully saturated rings. The zero-order valence-electron chi connectivity index (χ0n) is 13.7. The number of fused-ring (bicyclic) bond motifs is 3. The maximum absolute atomic E-state index is 12.4. The number of nitro groups is 1. The van der Waals surface area contributed by atoms with E-state index < -0.39 is 10.8 Å². The molecule has 1 amide bonds. The van der Waals surface area contributed by atoms with Gasteiger partial charge >= 0.3 is 0 Å². The van der Waals surface area contributed by atoms with E-state index in [1.165, 1.54) is 35.6 Å². The number of carbonyl (C=O) groups is 1. The highest BCUT2D eigenvalue weighted by Crippen LogP contribution is 2.26. The van der Waals surface area contributed by atoms with Gasteiger partial charge in [0.25, 0.3) is 11.6 Å². The Morgan fingerprint density at radius 3 is 2.54 bits per heavy atom. The summed E-state index contributed by atoms with van der Waals surface area (Å²) in [5.74, 6) is -0.425. The fourth-order valence-electron chi connectivity index (χ4n) is 2.90. The van der Waals surface area contributed by atoms with Crippen LogP contribution in [0.25, 0.3) is 21.0 Å². The van der Waals surface area contributed by atoms with Gasteiger partial charge in [0.05, 0.1) is 15.1 Å². The lowest BCUT2D eigenvalue weighted by molar-refractivity contribution is -0.384. The first-order valence-electron chi connectivity index (χ1n) is 7.85. The molecule has 0 bridgehead atoms. The first-order chi connectivity index (χ1) is 12.5. The predicted octanol–water partition coefficient (Wildman–Crippen LogP) is 4.04. The van der Waals surface area contributed by atoms with E-state index in [2.05, 4.69) is 11.1 Å². The zero-order chi connectivity index (χ0) is 18.3. The maximum atomic E-state index is 12.4. The average molecular weight is 363 g/mol. The minimum Gasteiger partial charge on any atom is -0.319 e. The number of nitro benzene ring substituents is 1. The molecule has 4 aromatic rings. The number of amides is 1. The molecule has 0 saturated heterocycles. The predicted molar refractivity (Wildman–Crippen MR) is 101 cm³/mol. The highest BCUT2D eigenvalue weighted by Gasteiger charge is 2.11. The summed E-state index contributed by atoms with van der Waals surface area (Å²) in [7, 11) is 1.88. The monoisotopic (exact) mass is 363 g/mol. The second-order valence-electron chi connectivity index (χ2n) is 5.80. The van der Waals surface area contributed by atoms with E-state index in [-0.39, 0.29) is 5.69 Å². The van der Waals surface area contributed by atoms with E-state index >= 15 is 0 Å². The van der Waals surface area contributed by atoms with Crippen molar-refractivity contribution in [1.82, 2.24) is 4.57 Å². The minimum absolute atomic E-state index is 0.0552. The summed E-state index contributed by atoms with van der Waals surface area (Å²) in [4.78, 5) is 27.5. The molecule has 6 nitrogen and oxygen atoms in total. The Kier molecular flexibility index (Phi) is 3.85. The summed E-state index contributed by atoms with van der Waals surface area (Å²) in [6.45, 7) is 0. The van der Waals surface area contributed by atoms with Crippen molar-refractivity contribution in [3.63, 3.8) is 0 Å². The molecule has 1 aromatic heterocycles. The molecule has 0 radical (unpaired) electrons. The molecule has 0 saturated carbocycles. The van der Waals surface area contributed by atoms with Crippen molar-refractivity contribution < 1.29 is 9.72 Å². The van der Waals surface area contributed by atoms with Gasteiger partial charge in [0, 0.05) is 30.1 Å². The van der Waals surface area contributed by atoms with Gasteiger partial charge in [0.1, 0.15) is 0 Å². The van der Waals surface area contributed by atoms with Crippen LogP contribution >= 0.6 is 11.3 Å². The Morgan fingerprint density at radius 1 is 1.08 bits per heavy atom. The van der Waals surface area contributed by atoms with Crippen molar-refractivity contribution >= 4 is 43.9 Å². The van der Waals surface area contributed by atoms with Crippen molar-refractivity contribution in [2.45, 2.75) is 0 Å². The minimum atomic E-state index is -0.498. The molecule has 0 unspecified atom stereocenters. The number of carbonyl (C=O) groups excluding carboxylic acids is 1. The lowest BCUT2D eigenvalue weighted by atomic mass is 10.1. The Labute approximate surface area is 151 Å². The Balaban J connectivity index is 1.83. The van der Waals surface area contributed by atoms with Crippen LogP contribution < -0.4 is 4.80 Å². The molecule has 0 aliphatic rings. The lowest BCUT2D eigenvalue weighted by Gasteiger charge is -2.01. The number of nitrogens with zero attached hydrogens (tertiary/aromatic N) is 3. The molecule has 0 spiro atoms. The first-order valence-corrected chi connectivity index (χ1v) is 8.67. The number of aromatic nitrogens is 1. The van der Waals surface area contributed by atoms with Crippen LogP contribution in [0, 0.1) is 10.1 Å². The van der Waals surface area contributed by atoms with Crippen LogP contribution in [-0.4, -0.2) is 15.4 Å². The van der Waals surface area contributed by atoms with Crippen molar-refractivity contribution in [3.8, 4) is 0 Å². The van der Waals surface area contributed by atoms with Gasteiger partial charge in [0.15, 0.2) is 4.80 Å². The Hall–Kier alpha value is -3.32. The number of hydrogen-bond acceptors (Lipinski definition) is 4. The van der Waals surface area contributed by atoms with E-state index in [4.69, 9.17) is 0 Å². The van der Waals surface area contributed by atoms with Gasteiger partial charge in [-0.1, -0.05) is 41.7 Å². The Morgan fingerprint density at radius 2 is 1.81 bits per heavy atom. The normalized spacial score (nSPS) is 12.0. The smallest absolute Gasteiger partial charge is 0.279 e. The number of non-ortho nitro benzene ring substituents is 1. The molecule has 0 aliphatic heterocycles. The van der Waals surface area contributed by atoms with Crippen molar-refractivity contribution in [1.29, 1.82) is 0 Å². The Bertz CT molecular complexity index is 1240. The maximum Gasteiger partial charge on any atom is 0.279 e. The highest BCUT2D eigenvalue weighted by molar-refractivity contribution is 7.16. The third-order valence-corrected chi connectivity index (χ3v) is 5.31. The van der Waals surface area contributed by atoms with Gasteiger partial charge in [-0.05, 0) is 23.6 Å². The van der Waals surface area contributed by atoms with Gasteiger partial charge in [0.2, 0.25) is 0 Å². The van der Waals surface area contributed by atoms with Gasteiger partial charge in [-0.2, -0.15) is 4.99 Å². The molecule has 128 valence electrons. The standard InChI is InChI=1S/C19H13N3O3S/c1-21-17-15-5-3-2-4-12(15)8-11-16(17)26-19(21)20-18(23)13-6-9-14(10-7-13)22(24)25/h2-11H,1H3. The molecule has 0 aliphatic carbocycles. The second-order valence-corrected chi connectivity index (χ2v) is 6.81. The van der Waals surface area contributed by atoms with Gasteiger partial charge in [-0.15, -0.1) is 0 Å². The molecule has 0 atom stereocenters. The quantitative estimate of drug-likeness (QED) is 0.398. The third kappa shape index (κ3) is 2.68. The van der Waals surface area contributed by atoms with Crippen LogP contribution in [0.2, 0.25) is 0 Å². The van der Waals surface area contributed by atoms with Crippen LogP contribution in [0.5, 0.6) is 0 Å². The molecule has 1 heterocycles. The van der Waals surface area contributed by atoms with Crippen LogP contribution in [0.3, 0.4) is 0 Å². The van der Waals surface area contributed by atoms with Crippen LogP contribution in [-0.2, 0) is 7.05 Å². The van der Waals surface area contributed by atoms with E-state index in [9.17, 15) is 14.9 Å². The number of rotatable bonds is 2. The van der Waals surface area contributed by atoms with E-state index in [0.29, 0.717) is 10.4 Å². The van der Waals surface area contributed by atoms with Gasteiger partial charge < -0.3 is 4.57 Å². The second kappa shape index (κ2) is 6.20. The van der Waals surface area contributed by atoms with E-state index in [1.807, 2.05) is 41.9 Å². The summed E-state index contributed by atoms with van der Waals surface area (Å²) < 4.78 is 2.95. The van der Waals surface area contributed by atoms with Crippen molar-refractivity contribution in [3.05, 3.63) is 81.1 Å². The SMILES string of the molecule is Cn1c(=NC(=O)c2ccc([N+](=O)[O-])cc2)sc2ccc3ccccc3c21. The summed E-state index contributed by atoms with van der Waals surface area (Å²) in [5.41, 5.74) is 1.29. The van der Waals surface area contributed by atoms with Crippen LogP contribution in [0.4, 0.5) is 5.69 Å². The number of aryl methyl sites for hydroxylation is 1. The molecule has 7 heteroatoms. The zero-order valence-corrected chi connectivity index (χ0v) is 14.6. The molecular weight excluding hydrogens is 350 g/mol. The van der Waals surface area contributed by atoms with Gasteiger partial charge in [-0.25, -0.2) is 0 Å². The highest BCUT2D eigenvalue weighted by atomic mass is 32.1. The number of hydrogen-bond donors (Lipinski definition) is 0. The molecule has 4 rings (SSSR count). The fraction of sp³-hybridized carbons (Fsp3) is 0.0526. The van der Waals surface area contributed by atoms with Crippen molar-refractivity contribution in [2.75, 3.05) is 0 Å². The molecule has 26 heavy (non-hydrogen) atoms. The summed E-state index contributed by atoms with van der Waals surface area (Å²) in [6.07, 6.45) is 0. The fourth-order valence-corrected chi connectivity index (χ4v) is 3.93. The summed E-state index contributed by atoms with van der Waals surface area (Å²) in [6, 6.07) is 17.6.